The summed E-state index contributed by atoms with van der Waals surface area (Å²) in [6.07, 6.45) is 0. The van der Waals surface area contributed by atoms with Gasteiger partial charge in [0.25, 0.3) is 5.91 Å². The van der Waals surface area contributed by atoms with Crippen LogP contribution in [0.3, 0.4) is 0 Å². The van der Waals surface area contributed by atoms with Crippen LogP contribution in [0.2, 0.25) is 0 Å². The molecular weight excluding hydrogens is 324 g/mol. The van der Waals surface area contributed by atoms with Crippen molar-refractivity contribution in [3.05, 3.63) is 72.4 Å². The van der Waals surface area contributed by atoms with Crippen molar-refractivity contribution in [1.82, 2.24) is 19.6 Å². The molecule has 2 aromatic carbocycles. The molecule has 1 aliphatic rings. The Bertz CT molecular complexity index is 881. The van der Waals surface area contributed by atoms with Crippen molar-refractivity contribution < 1.29 is 4.79 Å². The summed E-state index contributed by atoms with van der Waals surface area (Å²) in [7, 11) is 2.09. The van der Waals surface area contributed by atoms with E-state index in [1.165, 1.54) is 0 Å². The third-order valence-electron chi connectivity index (χ3n) is 4.79. The summed E-state index contributed by atoms with van der Waals surface area (Å²) >= 11 is 0. The first-order valence-corrected chi connectivity index (χ1v) is 8.91. The van der Waals surface area contributed by atoms with Crippen LogP contribution >= 0.6 is 0 Å². The molecule has 5 nitrogen and oxygen atoms in total. The first-order valence-electron chi connectivity index (χ1n) is 8.91. The molecule has 1 saturated heterocycles. The Balaban J connectivity index is 1.74. The molecule has 0 N–H and O–H groups in total. The first-order chi connectivity index (χ1) is 12.7. The van der Waals surface area contributed by atoms with Crippen LogP contribution in [0.1, 0.15) is 10.5 Å². The third kappa shape index (κ3) is 3.26. The molecule has 1 aliphatic heterocycles. The standard InChI is InChI=1S/C21H22N4O/c1-23-12-14-24(15-13-23)21(26)20-16-19(17-8-4-2-5-9-17)22-25(20)18-10-6-3-7-11-18/h2-11,16H,12-15H2,1H3. The molecule has 1 amide bonds. The fraction of sp³-hybridized carbons (Fsp3) is 0.238. The van der Waals surface area contributed by atoms with Crippen LogP contribution in [0.15, 0.2) is 66.7 Å². The number of hydrogen-bond donors (Lipinski definition) is 0. The zero-order valence-corrected chi connectivity index (χ0v) is 14.9. The molecule has 132 valence electrons. The van der Waals surface area contributed by atoms with Crippen molar-refractivity contribution in [2.75, 3.05) is 33.2 Å². The molecule has 5 heteroatoms. The topological polar surface area (TPSA) is 41.4 Å². The van der Waals surface area contributed by atoms with Crippen LogP contribution in [0, 0.1) is 0 Å². The highest BCUT2D eigenvalue weighted by Gasteiger charge is 2.25. The van der Waals surface area contributed by atoms with E-state index in [0.717, 1.165) is 43.1 Å². The van der Waals surface area contributed by atoms with Crippen molar-refractivity contribution in [2.24, 2.45) is 0 Å². The Morgan fingerprint density at radius 1 is 0.885 bits per heavy atom. The highest BCUT2D eigenvalue weighted by Crippen LogP contribution is 2.23. The first kappa shape index (κ1) is 16.5. The fourth-order valence-corrected chi connectivity index (χ4v) is 3.22. The molecular formula is C21H22N4O. The molecule has 4 rings (SSSR count). The molecule has 0 bridgehead atoms. The van der Waals surface area contributed by atoms with Gasteiger partial charge in [-0.05, 0) is 25.2 Å². The largest absolute Gasteiger partial charge is 0.335 e. The smallest absolute Gasteiger partial charge is 0.272 e. The predicted octanol–water partition coefficient (Wildman–Crippen LogP) is 2.93. The van der Waals surface area contributed by atoms with E-state index < -0.39 is 0 Å². The minimum absolute atomic E-state index is 0.0386. The Labute approximate surface area is 153 Å². The molecule has 0 spiro atoms. The van der Waals surface area contributed by atoms with E-state index in [1.807, 2.05) is 71.6 Å². The van der Waals surface area contributed by atoms with Gasteiger partial charge in [-0.15, -0.1) is 0 Å². The van der Waals surface area contributed by atoms with Crippen molar-refractivity contribution in [2.45, 2.75) is 0 Å². The number of piperazine rings is 1. The quantitative estimate of drug-likeness (QED) is 0.732. The number of benzene rings is 2. The lowest BCUT2D eigenvalue weighted by Crippen LogP contribution is -2.47. The maximum atomic E-state index is 13.2. The molecule has 0 unspecified atom stereocenters. The zero-order chi connectivity index (χ0) is 17.9. The Kier molecular flexibility index (Phi) is 4.54. The fourth-order valence-electron chi connectivity index (χ4n) is 3.22. The summed E-state index contributed by atoms with van der Waals surface area (Å²) in [6, 6.07) is 21.7. The molecule has 0 radical (unpaired) electrons. The lowest BCUT2D eigenvalue weighted by molar-refractivity contribution is 0.0655. The Hall–Kier alpha value is -2.92. The number of likely N-dealkylation sites (N-methyl/N-ethyl adjacent to an activating group) is 1. The van der Waals surface area contributed by atoms with Gasteiger partial charge in [0.2, 0.25) is 0 Å². The molecule has 3 aromatic rings. The van der Waals surface area contributed by atoms with E-state index in [9.17, 15) is 4.79 Å². The average molecular weight is 346 g/mol. The molecule has 1 fully saturated rings. The molecule has 0 atom stereocenters. The van der Waals surface area contributed by atoms with Gasteiger partial charge >= 0.3 is 0 Å². The van der Waals surface area contributed by atoms with Gasteiger partial charge in [0.05, 0.1) is 11.4 Å². The lowest BCUT2D eigenvalue weighted by Gasteiger charge is -2.32. The van der Waals surface area contributed by atoms with Crippen molar-refractivity contribution in [1.29, 1.82) is 0 Å². The van der Waals surface area contributed by atoms with Gasteiger partial charge in [0.1, 0.15) is 5.69 Å². The molecule has 1 aromatic heterocycles. The second-order valence-electron chi connectivity index (χ2n) is 6.62. The van der Waals surface area contributed by atoms with E-state index in [1.54, 1.807) is 4.68 Å². The third-order valence-corrected chi connectivity index (χ3v) is 4.79. The molecule has 0 saturated carbocycles. The monoisotopic (exact) mass is 346 g/mol. The normalized spacial score (nSPS) is 15.2. The van der Waals surface area contributed by atoms with Gasteiger partial charge in [-0.3, -0.25) is 4.79 Å². The number of nitrogens with zero attached hydrogens (tertiary/aromatic N) is 4. The van der Waals surface area contributed by atoms with Crippen LogP contribution in [0.5, 0.6) is 0 Å². The highest BCUT2D eigenvalue weighted by molar-refractivity contribution is 5.94. The zero-order valence-electron chi connectivity index (χ0n) is 14.9. The predicted molar refractivity (Wildman–Crippen MR) is 102 cm³/mol. The second kappa shape index (κ2) is 7.14. The van der Waals surface area contributed by atoms with E-state index in [0.29, 0.717) is 5.69 Å². The number of carbonyl (C=O) groups excluding carboxylic acids is 1. The molecule has 26 heavy (non-hydrogen) atoms. The maximum Gasteiger partial charge on any atom is 0.272 e. The summed E-state index contributed by atoms with van der Waals surface area (Å²) in [5.74, 6) is 0.0386. The molecule has 0 aliphatic carbocycles. The lowest BCUT2D eigenvalue weighted by atomic mass is 10.1. The van der Waals surface area contributed by atoms with Crippen LogP contribution in [0.25, 0.3) is 16.9 Å². The van der Waals surface area contributed by atoms with E-state index in [4.69, 9.17) is 5.10 Å². The minimum atomic E-state index is 0.0386. The van der Waals surface area contributed by atoms with Gasteiger partial charge in [-0.1, -0.05) is 48.5 Å². The van der Waals surface area contributed by atoms with Gasteiger partial charge in [0, 0.05) is 31.7 Å². The van der Waals surface area contributed by atoms with Gasteiger partial charge < -0.3 is 9.80 Å². The van der Waals surface area contributed by atoms with E-state index >= 15 is 0 Å². The number of amides is 1. The Morgan fingerprint density at radius 2 is 1.50 bits per heavy atom. The van der Waals surface area contributed by atoms with Crippen molar-refractivity contribution in [3.8, 4) is 16.9 Å². The van der Waals surface area contributed by atoms with E-state index in [-0.39, 0.29) is 5.91 Å². The number of rotatable bonds is 3. The van der Waals surface area contributed by atoms with E-state index in [2.05, 4.69) is 11.9 Å². The van der Waals surface area contributed by atoms with Crippen LogP contribution in [0.4, 0.5) is 0 Å². The van der Waals surface area contributed by atoms with Crippen molar-refractivity contribution >= 4 is 5.91 Å². The number of aromatic nitrogens is 2. The minimum Gasteiger partial charge on any atom is -0.335 e. The van der Waals surface area contributed by atoms with Crippen LogP contribution < -0.4 is 0 Å². The summed E-state index contributed by atoms with van der Waals surface area (Å²) in [5, 5.41) is 4.74. The number of hydrogen-bond acceptors (Lipinski definition) is 3. The second-order valence-corrected chi connectivity index (χ2v) is 6.62. The SMILES string of the molecule is CN1CCN(C(=O)c2cc(-c3ccccc3)nn2-c2ccccc2)CC1. The maximum absolute atomic E-state index is 13.2. The molecule has 2 heterocycles. The highest BCUT2D eigenvalue weighted by atomic mass is 16.2. The number of carbonyl (C=O) groups is 1. The van der Waals surface area contributed by atoms with Gasteiger partial charge in [0.15, 0.2) is 0 Å². The summed E-state index contributed by atoms with van der Waals surface area (Å²) < 4.78 is 1.77. The Morgan fingerprint density at radius 3 is 2.15 bits per heavy atom. The van der Waals surface area contributed by atoms with Crippen molar-refractivity contribution in [3.63, 3.8) is 0 Å². The summed E-state index contributed by atoms with van der Waals surface area (Å²) in [4.78, 5) is 17.4. The average Bonchev–Trinajstić information content (AvgIpc) is 3.15. The number of para-hydroxylation sites is 1. The van der Waals surface area contributed by atoms with Crippen LogP contribution in [-0.4, -0.2) is 58.7 Å². The van der Waals surface area contributed by atoms with Crippen LogP contribution in [-0.2, 0) is 0 Å². The van der Waals surface area contributed by atoms with Gasteiger partial charge in [-0.25, -0.2) is 4.68 Å². The summed E-state index contributed by atoms with van der Waals surface area (Å²) in [6.45, 7) is 3.29. The van der Waals surface area contributed by atoms with Gasteiger partial charge in [-0.2, -0.15) is 5.10 Å². The summed E-state index contributed by atoms with van der Waals surface area (Å²) in [5.41, 5.74) is 3.33.